The Morgan fingerprint density at radius 1 is 0.208 bits per heavy atom. The van der Waals surface area contributed by atoms with Gasteiger partial charge in [-0.15, -0.1) is 0 Å². The van der Waals surface area contributed by atoms with Crippen LogP contribution in [0.4, 0.5) is 0 Å². The van der Waals surface area contributed by atoms with Gasteiger partial charge in [0, 0.05) is 0 Å². The van der Waals surface area contributed by atoms with E-state index in [4.69, 9.17) is 0 Å². The molecule has 48 heavy (non-hydrogen) atoms. The van der Waals surface area contributed by atoms with E-state index < -0.39 is 0 Å². The molecule has 2 aliphatic carbocycles. The lowest BCUT2D eigenvalue weighted by molar-refractivity contribution is 1.50. The van der Waals surface area contributed by atoms with Crippen LogP contribution in [0.1, 0.15) is 33.4 Å². The van der Waals surface area contributed by atoms with Gasteiger partial charge in [-0.1, -0.05) is 182 Å². The maximum atomic E-state index is 2.34. The third-order valence-electron chi connectivity index (χ3n) is 10.2. The van der Waals surface area contributed by atoms with Crippen molar-refractivity contribution in [2.75, 3.05) is 0 Å². The molecule has 0 heteroatoms. The zero-order valence-corrected chi connectivity index (χ0v) is 26.3. The highest BCUT2D eigenvalue weighted by molar-refractivity contribution is 6.11. The van der Waals surface area contributed by atoms with Crippen LogP contribution in [-0.2, 0) is 0 Å². The van der Waals surface area contributed by atoms with Crippen molar-refractivity contribution in [3.05, 3.63) is 214 Å². The Labute approximate surface area is 279 Å². The van der Waals surface area contributed by atoms with Crippen LogP contribution in [0, 0.1) is 0 Å². The van der Waals surface area contributed by atoms with Gasteiger partial charge in [0.15, 0.2) is 0 Å². The van der Waals surface area contributed by atoms with Gasteiger partial charge in [-0.25, -0.2) is 0 Å². The third-order valence-corrected chi connectivity index (χ3v) is 10.2. The SMILES string of the molecule is C1=Cc2ccccc2C(=c2c3ccccc3c(=C3c4ccccc4-c4ccccc4-c4ccccc43)c3ccccc23)c2ccccc21. The van der Waals surface area contributed by atoms with Crippen molar-refractivity contribution in [2.45, 2.75) is 0 Å². The van der Waals surface area contributed by atoms with E-state index in [1.54, 1.807) is 0 Å². The number of rotatable bonds is 0. The molecule has 0 aromatic heterocycles. The summed E-state index contributed by atoms with van der Waals surface area (Å²) in [5, 5.41) is 7.61. The highest BCUT2D eigenvalue weighted by Crippen LogP contribution is 2.45. The molecule has 2 aliphatic rings. The van der Waals surface area contributed by atoms with Gasteiger partial charge in [-0.05, 0) is 98.8 Å². The van der Waals surface area contributed by atoms with Crippen molar-refractivity contribution in [3.63, 3.8) is 0 Å². The van der Waals surface area contributed by atoms with Gasteiger partial charge in [0.25, 0.3) is 0 Å². The monoisotopic (exact) mass is 606 g/mol. The lowest BCUT2D eigenvalue weighted by atomic mass is 9.84. The predicted molar refractivity (Wildman–Crippen MR) is 203 cm³/mol. The van der Waals surface area contributed by atoms with Crippen molar-refractivity contribution in [1.82, 2.24) is 0 Å². The smallest absolute Gasteiger partial charge is 0.00139 e. The average molecular weight is 607 g/mol. The Morgan fingerprint density at radius 2 is 0.458 bits per heavy atom. The molecule has 0 atom stereocenters. The Balaban J connectivity index is 1.51. The van der Waals surface area contributed by atoms with Crippen LogP contribution >= 0.6 is 0 Å². The first kappa shape index (κ1) is 26.9. The molecular weight excluding hydrogens is 577 g/mol. The first-order valence-electron chi connectivity index (χ1n) is 16.7. The Hall–Kier alpha value is -6.24. The van der Waals surface area contributed by atoms with Crippen LogP contribution < -0.4 is 10.4 Å². The van der Waals surface area contributed by atoms with Crippen LogP contribution in [0.2, 0.25) is 0 Å². The fourth-order valence-corrected chi connectivity index (χ4v) is 8.24. The van der Waals surface area contributed by atoms with Gasteiger partial charge in [0.05, 0.1) is 0 Å². The molecule has 0 amide bonds. The summed E-state index contributed by atoms with van der Waals surface area (Å²) in [5.41, 5.74) is 15.2. The van der Waals surface area contributed by atoms with Crippen LogP contribution in [0.3, 0.4) is 0 Å². The molecular formula is C48H30. The van der Waals surface area contributed by atoms with Gasteiger partial charge in [-0.2, -0.15) is 0 Å². The van der Waals surface area contributed by atoms with Crippen molar-refractivity contribution < 1.29 is 0 Å². The molecule has 0 saturated heterocycles. The third kappa shape index (κ3) is 3.90. The minimum atomic E-state index is 1.24. The minimum Gasteiger partial charge on any atom is -0.0616 e. The maximum absolute atomic E-state index is 2.34. The quantitative estimate of drug-likeness (QED) is 0.151. The Kier molecular flexibility index (Phi) is 5.98. The number of hydrogen-bond donors (Lipinski definition) is 0. The van der Waals surface area contributed by atoms with E-state index in [-0.39, 0.29) is 0 Å². The summed E-state index contributed by atoms with van der Waals surface area (Å²) < 4.78 is 0. The zero-order chi connectivity index (χ0) is 31.6. The predicted octanol–water partition coefficient (Wildman–Crippen LogP) is 10.6. The van der Waals surface area contributed by atoms with E-state index in [1.807, 2.05) is 0 Å². The van der Waals surface area contributed by atoms with E-state index >= 15 is 0 Å². The molecule has 0 N–H and O–H groups in total. The summed E-state index contributed by atoms with van der Waals surface area (Å²) in [5.74, 6) is 0. The lowest BCUT2D eigenvalue weighted by Crippen LogP contribution is -2.21. The molecule has 222 valence electrons. The molecule has 0 unspecified atom stereocenters. The van der Waals surface area contributed by atoms with Crippen molar-refractivity contribution in [3.8, 4) is 22.3 Å². The average Bonchev–Trinajstić information content (AvgIpc) is 3.39. The molecule has 0 bridgehead atoms. The molecule has 0 saturated carbocycles. The molecule has 0 radical (unpaired) electrons. The van der Waals surface area contributed by atoms with Crippen LogP contribution in [0.15, 0.2) is 170 Å². The number of hydrogen-bond acceptors (Lipinski definition) is 0. The molecule has 8 aromatic rings. The molecule has 0 fully saturated rings. The molecule has 8 aromatic carbocycles. The first-order chi connectivity index (χ1) is 23.9. The van der Waals surface area contributed by atoms with E-state index in [0.29, 0.717) is 0 Å². The zero-order valence-electron chi connectivity index (χ0n) is 26.3. The summed E-state index contributed by atoms with van der Waals surface area (Å²) in [7, 11) is 0. The van der Waals surface area contributed by atoms with E-state index in [1.165, 1.54) is 98.8 Å². The van der Waals surface area contributed by atoms with E-state index in [0.717, 1.165) is 0 Å². The molecule has 0 spiro atoms. The highest BCUT2D eigenvalue weighted by Gasteiger charge is 2.25. The second-order valence-electron chi connectivity index (χ2n) is 12.7. The summed E-state index contributed by atoms with van der Waals surface area (Å²) in [6.07, 6.45) is 4.54. The topological polar surface area (TPSA) is 0 Å². The fourth-order valence-electron chi connectivity index (χ4n) is 8.24. The lowest BCUT2D eigenvalue weighted by Gasteiger charge is -2.18. The van der Waals surface area contributed by atoms with E-state index in [2.05, 4.69) is 182 Å². The van der Waals surface area contributed by atoms with Crippen LogP contribution in [0.25, 0.3) is 67.1 Å². The highest BCUT2D eigenvalue weighted by atomic mass is 14.3. The summed E-state index contributed by atoms with van der Waals surface area (Å²) in [6.45, 7) is 0. The molecule has 0 heterocycles. The Bertz CT molecular complexity index is 2590. The van der Waals surface area contributed by atoms with Gasteiger partial charge in [0.1, 0.15) is 0 Å². The van der Waals surface area contributed by atoms with Gasteiger partial charge < -0.3 is 0 Å². The fraction of sp³-hybridized carbons (Fsp3) is 0. The van der Waals surface area contributed by atoms with Crippen LogP contribution in [-0.4, -0.2) is 0 Å². The summed E-state index contributed by atoms with van der Waals surface area (Å²) >= 11 is 0. The van der Waals surface area contributed by atoms with Crippen molar-refractivity contribution in [2.24, 2.45) is 0 Å². The minimum absolute atomic E-state index is 1.24. The normalized spacial score (nSPS) is 12.8. The standard InChI is InChI=1S/C48H30/c1-3-17-33-31(15-1)29-30-32-16-2-4-18-34(32)45(33)47-41-25-11-13-27-43(41)48(44-28-14-12-26-42(44)47)46-39-23-9-7-21-37(39)35-19-5-6-20-36(35)38-22-8-10-24-40(38)46/h1-30H. The molecule has 0 aliphatic heterocycles. The molecule has 0 nitrogen and oxygen atoms in total. The molecule has 10 rings (SSSR count). The van der Waals surface area contributed by atoms with Crippen molar-refractivity contribution >= 4 is 44.8 Å². The van der Waals surface area contributed by atoms with Gasteiger partial charge in [-0.3, -0.25) is 0 Å². The number of benzene rings is 8. The Morgan fingerprint density at radius 3 is 0.833 bits per heavy atom. The number of fused-ring (bicyclic) bond motifs is 9. The van der Waals surface area contributed by atoms with Crippen LogP contribution in [0.5, 0.6) is 0 Å². The second kappa shape index (κ2) is 10.7. The second-order valence-corrected chi connectivity index (χ2v) is 12.7. The van der Waals surface area contributed by atoms with Gasteiger partial charge >= 0.3 is 0 Å². The summed E-state index contributed by atoms with van der Waals surface area (Å²) in [6, 6.07) is 62.7. The van der Waals surface area contributed by atoms with Gasteiger partial charge in [0.2, 0.25) is 0 Å². The largest absolute Gasteiger partial charge is 0.0616 e. The first-order valence-corrected chi connectivity index (χ1v) is 16.7. The maximum Gasteiger partial charge on any atom is -0.00139 e. The van der Waals surface area contributed by atoms with E-state index in [9.17, 15) is 0 Å². The van der Waals surface area contributed by atoms with Crippen molar-refractivity contribution in [1.29, 1.82) is 0 Å². The summed E-state index contributed by atoms with van der Waals surface area (Å²) in [4.78, 5) is 0.